The molecule has 31 heavy (non-hydrogen) atoms. The molecule has 0 radical (unpaired) electrons. The Morgan fingerprint density at radius 1 is 0.387 bits per heavy atom. The summed E-state index contributed by atoms with van der Waals surface area (Å²) in [6.07, 6.45) is 4.00. The maximum atomic E-state index is 2.36. The second kappa shape index (κ2) is 9.91. The van der Waals surface area contributed by atoms with Gasteiger partial charge in [0.05, 0.1) is 0 Å². The molecule has 154 valence electrons. The zero-order chi connectivity index (χ0) is 20.9. The van der Waals surface area contributed by atoms with Gasteiger partial charge in [-0.3, -0.25) is 0 Å². The molecule has 1 aliphatic carbocycles. The Kier molecular flexibility index (Phi) is 6.60. The number of rotatable bonds is 6. The minimum atomic E-state index is -0.388. The van der Waals surface area contributed by atoms with Crippen molar-refractivity contribution in [1.82, 2.24) is 0 Å². The van der Waals surface area contributed by atoms with Crippen molar-refractivity contribution >= 4 is 37.1 Å². The molecule has 1 aliphatic rings. The summed E-state index contributed by atoms with van der Waals surface area (Å²) < 4.78 is 0. The first-order valence-electron chi connectivity index (χ1n) is 11.2. The SMILES string of the molecule is c1ccc(P(c2ccccc2)C2CCC[C@@H]2P(c2ccccc2)c2ccccc2)cc1. The van der Waals surface area contributed by atoms with Crippen molar-refractivity contribution in [3.8, 4) is 0 Å². The second-order valence-corrected chi connectivity index (χ2v) is 13.0. The summed E-state index contributed by atoms with van der Waals surface area (Å²) in [6, 6.07) is 45.2. The maximum Gasteiger partial charge on any atom is -0.00551 e. The number of benzene rings is 4. The Morgan fingerprint density at radius 2 is 0.645 bits per heavy atom. The van der Waals surface area contributed by atoms with Gasteiger partial charge in [-0.2, -0.15) is 0 Å². The first-order chi connectivity index (χ1) is 15.4. The molecule has 5 rings (SSSR count). The number of hydrogen-bond donors (Lipinski definition) is 0. The molecule has 1 fully saturated rings. The van der Waals surface area contributed by atoms with E-state index in [0.29, 0.717) is 11.3 Å². The highest BCUT2D eigenvalue weighted by Gasteiger charge is 2.40. The second-order valence-electron chi connectivity index (χ2n) is 8.15. The molecular weight excluding hydrogens is 410 g/mol. The van der Waals surface area contributed by atoms with Crippen molar-refractivity contribution in [3.05, 3.63) is 121 Å². The van der Waals surface area contributed by atoms with Gasteiger partial charge < -0.3 is 0 Å². The molecular formula is C29H28P2. The van der Waals surface area contributed by atoms with E-state index in [-0.39, 0.29) is 15.8 Å². The van der Waals surface area contributed by atoms with Gasteiger partial charge in [-0.1, -0.05) is 128 Å². The highest BCUT2D eigenvalue weighted by atomic mass is 31.1. The van der Waals surface area contributed by atoms with Crippen LogP contribution in [0.5, 0.6) is 0 Å². The molecule has 0 N–H and O–H groups in total. The van der Waals surface area contributed by atoms with Crippen molar-refractivity contribution in [2.75, 3.05) is 0 Å². The Balaban J connectivity index is 1.60. The lowest BCUT2D eigenvalue weighted by Crippen LogP contribution is -2.31. The summed E-state index contributed by atoms with van der Waals surface area (Å²) >= 11 is 0. The van der Waals surface area contributed by atoms with Crippen LogP contribution in [0.3, 0.4) is 0 Å². The quantitative estimate of drug-likeness (QED) is 0.316. The minimum absolute atomic E-state index is 0.388. The van der Waals surface area contributed by atoms with Crippen molar-refractivity contribution in [2.45, 2.75) is 30.6 Å². The Hall–Kier alpha value is -2.26. The van der Waals surface area contributed by atoms with E-state index in [2.05, 4.69) is 121 Å². The van der Waals surface area contributed by atoms with Crippen LogP contribution in [0.1, 0.15) is 19.3 Å². The predicted molar refractivity (Wildman–Crippen MR) is 140 cm³/mol. The molecule has 1 saturated carbocycles. The van der Waals surface area contributed by atoms with Gasteiger partial charge in [-0.25, -0.2) is 0 Å². The lowest BCUT2D eigenvalue weighted by molar-refractivity contribution is 0.888. The first kappa shape index (κ1) is 20.6. The lowest BCUT2D eigenvalue weighted by atomic mass is 10.3. The lowest BCUT2D eigenvalue weighted by Gasteiger charge is -2.35. The normalized spacial score (nSPS) is 18.5. The number of hydrogen-bond acceptors (Lipinski definition) is 0. The maximum absolute atomic E-state index is 2.36. The monoisotopic (exact) mass is 438 g/mol. The molecule has 0 amide bonds. The zero-order valence-corrected chi connectivity index (χ0v) is 19.5. The standard InChI is InChI=1S/C29H28P2/c1-5-14-24(15-6-1)30(25-16-7-2-8-17-25)28-22-13-23-29(28)31(26-18-9-3-10-19-26)27-20-11-4-12-21-27/h1-12,14-21,28-29H,13,22-23H2/t28-,29?/m0/s1. The molecule has 0 bridgehead atoms. The predicted octanol–water partition coefficient (Wildman–Crippen LogP) is 6.17. The largest absolute Gasteiger partial charge is 0.0622 e. The third-order valence-corrected chi connectivity index (χ3v) is 12.5. The van der Waals surface area contributed by atoms with Crippen LogP contribution in [0.15, 0.2) is 121 Å². The van der Waals surface area contributed by atoms with Crippen molar-refractivity contribution in [3.63, 3.8) is 0 Å². The van der Waals surface area contributed by atoms with Crippen molar-refractivity contribution in [2.24, 2.45) is 0 Å². The molecule has 1 unspecified atom stereocenters. The summed E-state index contributed by atoms with van der Waals surface area (Å²) in [4.78, 5) is 0. The molecule has 0 heterocycles. The van der Waals surface area contributed by atoms with Crippen molar-refractivity contribution < 1.29 is 0 Å². The summed E-state index contributed by atoms with van der Waals surface area (Å²) in [5.41, 5.74) is 1.43. The van der Waals surface area contributed by atoms with E-state index in [4.69, 9.17) is 0 Å². The van der Waals surface area contributed by atoms with Crippen LogP contribution < -0.4 is 21.2 Å². The molecule has 0 saturated heterocycles. The highest BCUT2D eigenvalue weighted by Crippen LogP contribution is 2.57. The van der Waals surface area contributed by atoms with E-state index in [0.717, 1.165) is 0 Å². The van der Waals surface area contributed by atoms with E-state index in [1.165, 1.54) is 40.5 Å². The van der Waals surface area contributed by atoms with E-state index < -0.39 is 0 Å². The Labute approximate surface area is 188 Å². The Morgan fingerprint density at radius 3 is 0.903 bits per heavy atom. The average molecular weight is 438 g/mol. The minimum Gasteiger partial charge on any atom is -0.0622 e. The van der Waals surface area contributed by atoms with Crippen LogP contribution in [0.2, 0.25) is 0 Å². The highest BCUT2D eigenvalue weighted by molar-refractivity contribution is 7.77. The van der Waals surface area contributed by atoms with Gasteiger partial charge in [-0.05, 0) is 61.2 Å². The molecule has 4 aromatic carbocycles. The van der Waals surface area contributed by atoms with Crippen LogP contribution in [0.25, 0.3) is 0 Å². The fraction of sp³-hybridized carbons (Fsp3) is 0.172. The third kappa shape index (κ3) is 4.52. The smallest absolute Gasteiger partial charge is 0.00551 e. The summed E-state index contributed by atoms with van der Waals surface area (Å²) in [5.74, 6) is 0. The molecule has 0 nitrogen and oxygen atoms in total. The molecule has 0 aliphatic heterocycles. The Bertz CT molecular complexity index is 897. The van der Waals surface area contributed by atoms with Crippen LogP contribution in [-0.4, -0.2) is 11.3 Å². The van der Waals surface area contributed by atoms with Crippen LogP contribution in [0.4, 0.5) is 0 Å². The fourth-order valence-electron chi connectivity index (χ4n) is 4.94. The molecule has 0 aromatic heterocycles. The van der Waals surface area contributed by atoms with Crippen LogP contribution in [-0.2, 0) is 0 Å². The average Bonchev–Trinajstić information content (AvgIpc) is 3.31. The summed E-state index contributed by atoms with van der Waals surface area (Å²) in [6.45, 7) is 0. The topological polar surface area (TPSA) is 0 Å². The molecule has 2 atom stereocenters. The summed E-state index contributed by atoms with van der Waals surface area (Å²) in [7, 11) is -0.777. The third-order valence-electron chi connectivity index (χ3n) is 6.24. The van der Waals surface area contributed by atoms with E-state index in [1.54, 1.807) is 0 Å². The zero-order valence-electron chi connectivity index (χ0n) is 17.7. The molecule has 0 spiro atoms. The van der Waals surface area contributed by atoms with Gasteiger partial charge in [-0.15, -0.1) is 0 Å². The van der Waals surface area contributed by atoms with Gasteiger partial charge in [0.2, 0.25) is 0 Å². The van der Waals surface area contributed by atoms with E-state index >= 15 is 0 Å². The van der Waals surface area contributed by atoms with E-state index in [1.807, 2.05) is 0 Å². The van der Waals surface area contributed by atoms with Crippen LogP contribution in [0, 0.1) is 0 Å². The fourth-order valence-corrected chi connectivity index (χ4v) is 11.7. The van der Waals surface area contributed by atoms with E-state index in [9.17, 15) is 0 Å². The van der Waals surface area contributed by atoms with Gasteiger partial charge in [0.25, 0.3) is 0 Å². The molecule has 4 aromatic rings. The van der Waals surface area contributed by atoms with Crippen molar-refractivity contribution in [1.29, 1.82) is 0 Å². The molecule has 2 heteroatoms. The summed E-state index contributed by atoms with van der Waals surface area (Å²) in [5, 5.41) is 6.10. The van der Waals surface area contributed by atoms with Gasteiger partial charge in [0.15, 0.2) is 0 Å². The van der Waals surface area contributed by atoms with Gasteiger partial charge >= 0.3 is 0 Å². The van der Waals surface area contributed by atoms with Crippen LogP contribution >= 0.6 is 15.8 Å². The van der Waals surface area contributed by atoms with Gasteiger partial charge in [0, 0.05) is 0 Å². The van der Waals surface area contributed by atoms with Gasteiger partial charge in [0.1, 0.15) is 0 Å². The first-order valence-corrected chi connectivity index (χ1v) is 14.0.